The van der Waals surface area contributed by atoms with E-state index >= 15 is 0 Å². The SMILES string of the molecule is CC(C)(C)c1nc2ccccn2c1N=Nc1ccc2c(c1)OCO2. The maximum Gasteiger partial charge on any atom is 0.231 e. The molecule has 1 aliphatic heterocycles. The standard InChI is InChI=1S/C18H18N4O2/c1-18(2,3)16-17(22-9-5-4-6-15(22)19-16)21-20-12-7-8-13-14(10-12)24-11-23-13/h4-10H,11H2,1-3H3. The third kappa shape index (κ3) is 2.50. The van der Waals surface area contributed by atoms with Crippen LogP contribution in [0.3, 0.4) is 0 Å². The van der Waals surface area contributed by atoms with E-state index in [9.17, 15) is 0 Å². The Kier molecular flexibility index (Phi) is 3.26. The van der Waals surface area contributed by atoms with Crippen LogP contribution >= 0.6 is 0 Å². The van der Waals surface area contributed by atoms with Gasteiger partial charge in [-0.2, -0.15) is 0 Å². The van der Waals surface area contributed by atoms with E-state index < -0.39 is 0 Å². The van der Waals surface area contributed by atoms with Gasteiger partial charge in [0, 0.05) is 17.7 Å². The number of azo groups is 1. The normalized spacial score (nSPS) is 14.0. The number of hydrogen-bond donors (Lipinski definition) is 0. The van der Waals surface area contributed by atoms with Crippen molar-refractivity contribution in [2.24, 2.45) is 10.2 Å². The number of pyridine rings is 1. The van der Waals surface area contributed by atoms with Crippen LogP contribution in [-0.4, -0.2) is 16.2 Å². The van der Waals surface area contributed by atoms with Crippen molar-refractivity contribution in [1.82, 2.24) is 9.38 Å². The minimum Gasteiger partial charge on any atom is -0.454 e. The van der Waals surface area contributed by atoms with E-state index in [-0.39, 0.29) is 12.2 Å². The highest BCUT2D eigenvalue weighted by molar-refractivity contribution is 5.55. The van der Waals surface area contributed by atoms with Gasteiger partial charge in [0.05, 0.1) is 11.4 Å². The Morgan fingerprint density at radius 3 is 2.71 bits per heavy atom. The highest BCUT2D eigenvalue weighted by Gasteiger charge is 2.24. The molecule has 0 saturated heterocycles. The van der Waals surface area contributed by atoms with Crippen LogP contribution in [0.1, 0.15) is 26.5 Å². The number of nitrogens with zero attached hydrogens (tertiary/aromatic N) is 4. The summed E-state index contributed by atoms with van der Waals surface area (Å²) in [5.74, 6) is 2.18. The maximum atomic E-state index is 5.38. The lowest BCUT2D eigenvalue weighted by atomic mass is 9.92. The lowest BCUT2D eigenvalue weighted by Crippen LogP contribution is -2.11. The summed E-state index contributed by atoms with van der Waals surface area (Å²) in [7, 11) is 0. The van der Waals surface area contributed by atoms with Gasteiger partial charge in [-0.3, -0.25) is 4.40 Å². The molecule has 0 N–H and O–H groups in total. The Balaban J connectivity index is 1.78. The minimum atomic E-state index is -0.130. The molecule has 0 fully saturated rings. The number of benzene rings is 1. The fourth-order valence-corrected chi connectivity index (χ4v) is 2.63. The first-order chi connectivity index (χ1) is 11.5. The number of ether oxygens (including phenoxy) is 2. The first-order valence-electron chi connectivity index (χ1n) is 7.81. The van der Waals surface area contributed by atoms with Gasteiger partial charge in [-0.15, -0.1) is 10.2 Å². The molecular formula is C18H18N4O2. The quantitative estimate of drug-likeness (QED) is 0.638. The molecule has 3 heterocycles. The fourth-order valence-electron chi connectivity index (χ4n) is 2.63. The van der Waals surface area contributed by atoms with Gasteiger partial charge < -0.3 is 9.47 Å². The van der Waals surface area contributed by atoms with Crippen LogP contribution < -0.4 is 9.47 Å². The van der Waals surface area contributed by atoms with Gasteiger partial charge in [0.1, 0.15) is 5.65 Å². The van der Waals surface area contributed by atoms with Crippen molar-refractivity contribution < 1.29 is 9.47 Å². The van der Waals surface area contributed by atoms with Crippen molar-refractivity contribution in [2.75, 3.05) is 6.79 Å². The number of fused-ring (bicyclic) bond motifs is 2. The summed E-state index contributed by atoms with van der Waals surface area (Å²) in [6.45, 7) is 6.61. The van der Waals surface area contributed by atoms with Crippen LogP contribution in [0.15, 0.2) is 52.8 Å². The molecule has 0 radical (unpaired) electrons. The second-order valence-corrected chi connectivity index (χ2v) is 6.70. The third-order valence-electron chi connectivity index (χ3n) is 3.83. The number of hydrogen-bond acceptors (Lipinski definition) is 5. The van der Waals surface area contributed by atoms with Crippen LogP contribution in [0.4, 0.5) is 11.5 Å². The smallest absolute Gasteiger partial charge is 0.231 e. The van der Waals surface area contributed by atoms with Crippen LogP contribution in [0.2, 0.25) is 0 Å². The van der Waals surface area contributed by atoms with Crippen LogP contribution in [0, 0.1) is 0 Å². The molecule has 6 heteroatoms. The molecule has 0 saturated carbocycles. The molecule has 2 aromatic heterocycles. The van der Waals surface area contributed by atoms with Crippen molar-refractivity contribution in [3.05, 3.63) is 48.3 Å². The minimum absolute atomic E-state index is 0.130. The second-order valence-electron chi connectivity index (χ2n) is 6.70. The zero-order chi connectivity index (χ0) is 16.7. The molecule has 3 aromatic rings. The van der Waals surface area contributed by atoms with Crippen molar-refractivity contribution in [3.63, 3.8) is 0 Å². The van der Waals surface area contributed by atoms with Crippen molar-refractivity contribution in [2.45, 2.75) is 26.2 Å². The number of aromatic nitrogens is 2. The first-order valence-corrected chi connectivity index (χ1v) is 7.81. The summed E-state index contributed by atoms with van der Waals surface area (Å²) in [5, 5.41) is 8.86. The number of imidazole rings is 1. The van der Waals surface area contributed by atoms with Crippen LogP contribution in [0.5, 0.6) is 11.5 Å². The van der Waals surface area contributed by atoms with E-state index in [1.165, 1.54) is 0 Å². The van der Waals surface area contributed by atoms with Gasteiger partial charge in [-0.25, -0.2) is 4.98 Å². The van der Waals surface area contributed by atoms with Gasteiger partial charge in [0.2, 0.25) is 6.79 Å². The maximum absolute atomic E-state index is 5.38. The molecule has 1 aliphatic rings. The Morgan fingerprint density at radius 1 is 1.04 bits per heavy atom. The van der Waals surface area contributed by atoms with Gasteiger partial charge in [-0.1, -0.05) is 26.8 Å². The molecule has 0 aliphatic carbocycles. The van der Waals surface area contributed by atoms with Crippen molar-refractivity contribution in [1.29, 1.82) is 0 Å². The average Bonchev–Trinajstić information content (AvgIpc) is 3.16. The topological polar surface area (TPSA) is 60.5 Å². The highest BCUT2D eigenvalue weighted by Crippen LogP contribution is 2.37. The molecule has 0 unspecified atom stereocenters. The van der Waals surface area contributed by atoms with Gasteiger partial charge in [-0.05, 0) is 24.3 Å². The Bertz CT molecular complexity index is 938. The van der Waals surface area contributed by atoms with Crippen molar-refractivity contribution >= 4 is 17.2 Å². The lowest BCUT2D eigenvalue weighted by molar-refractivity contribution is 0.174. The summed E-state index contributed by atoms with van der Waals surface area (Å²) < 4.78 is 12.7. The zero-order valence-electron chi connectivity index (χ0n) is 13.9. The van der Waals surface area contributed by atoms with E-state index in [0.29, 0.717) is 11.4 Å². The van der Waals surface area contributed by atoms with Gasteiger partial charge in [0.25, 0.3) is 0 Å². The lowest BCUT2D eigenvalue weighted by Gasteiger charge is -2.15. The summed E-state index contributed by atoms with van der Waals surface area (Å²) in [6, 6.07) is 11.4. The first kappa shape index (κ1) is 14.7. The van der Waals surface area contributed by atoms with E-state index in [0.717, 1.165) is 22.9 Å². The molecule has 122 valence electrons. The predicted molar refractivity (Wildman–Crippen MR) is 90.6 cm³/mol. The number of rotatable bonds is 2. The molecule has 6 nitrogen and oxygen atoms in total. The molecule has 1 aromatic carbocycles. The van der Waals surface area contributed by atoms with E-state index in [2.05, 4.69) is 31.0 Å². The van der Waals surface area contributed by atoms with Crippen LogP contribution in [0.25, 0.3) is 5.65 Å². The second kappa shape index (κ2) is 5.33. The molecule has 24 heavy (non-hydrogen) atoms. The van der Waals surface area contributed by atoms with E-state index in [4.69, 9.17) is 14.5 Å². The monoisotopic (exact) mass is 322 g/mol. The third-order valence-corrected chi connectivity index (χ3v) is 3.83. The summed E-state index contributed by atoms with van der Waals surface area (Å²) in [4.78, 5) is 4.72. The molecule has 4 rings (SSSR count). The average molecular weight is 322 g/mol. The Hall–Kier alpha value is -2.89. The summed E-state index contributed by atoms with van der Waals surface area (Å²) >= 11 is 0. The Morgan fingerprint density at radius 2 is 1.88 bits per heavy atom. The zero-order valence-corrected chi connectivity index (χ0v) is 13.9. The predicted octanol–water partition coefficient (Wildman–Crippen LogP) is 4.78. The van der Waals surface area contributed by atoms with E-state index in [1.807, 2.05) is 47.0 Å². The highest BCUT2D eigenvalue weighted by atomic mass is 16.7. The van der Waals surface area contributed by atoms with Crippen molar-refractivity contribution in [3.8, 4) is 11.5 Å². The Labute approximate surface area is 139 Å². The van der Waals surface area contributed by atoms with E-state index in [1.54, 1.807) is 0 Å². The molecule has 0 atom stereocenters. The summed E-state index contributed by atoms with van der Waals surface area (Å²) in [6.07, 6.45) is 1.95. The van der Waals surface area contributed by atoms with Gasteiger partial charge >= 0.3 is 0 Å². The fraction of sp³-hybridized carbons (Fsp3) is 0.278. The van der Waals surface area contributed by atoms with Crippen LogP contribution in [-0.2, 0) is 5.41 Å². The molecule has 0 bridgehead atoms. The van der Waals surface area contributed by atoms with Gasteiger partial charge in [0.15, 0.2) is 17.3 Å². The summed E-state index contributed by atoms with van der Waals surface area (Å²) in [5.41, 5.74) is 2.36. The molecule has 0 amide bonds. The molecular weight excluding hydrogens is 304 g/mol. The molecule has 0 spiro atoms. The largest absolute Gasteiger partial charge is 0.454 e.